The maximum absolute atomic E-state index is 11.2. The number of hydrazine groups is 1. The maximum atomic E-state index is 11.2. The van der Waals surface area contributed by atoms with Crippen LogP contribution >= 0.6 is 0 Å². The van der Waals surface area contributed by atoms with E-state index < -0.39 is 0 Å². The van der Waals surface area contributed by atoms with Gasteiger partial charge < -0.3 is 4.74 Å². The molecule has 4 heteroatoms. The third-order valence-corrected chi connectivity index (χ3v) is 2.58. The Balaban J connectivity index is 3.12. The monoisotopic (exact) mass is 244 g/mol. The first-order valence-electron chi connectivity index (χ1n) is 6.96. The molecule has 102 valence electrons. The van der Waals surface area contributed by atoms with Crippen molar-refractivity contribution in [1.82, 2.24) is 10.9 Å². The highest BCUT2D eigenvalue weighted by molar-refractivity contribution is 5.66. The molecule has 0 bridgehead atoms. The van der Waals surface area contributed by atoms with Crippen LogP contribution < -0.4 is 10.9 Å². The van der Waals surface area contributed by atoms with Crippen LogP contribution in [0.5, 0.6) is 0 Å². The molecule has 0 aromatic heterocycles. The van der Waals surface area contributed by atoms with Gasteiger partial charge in [-0.25, -0.2) is 10.2 Å². The van der Waals surface area contributed by atoms with E-state index in [-0.39, 0.29) is 6.09 Å². The summed E-state index contributed by atoms with van der Waals surface area (Å²) in [6.07, 6.45) is 8.91. The van der Waals surface area contributed by atoms with Crippen LogP contribution in [0.4, 0.5) is 4.79 Å². The van der Waals surface area contributed by atoms with Crippen molar-refractivity contribution in [2.75, 3.05) is 13.2 Å². The first-order valence-corrected chi connectivity index (χ1v) is 6.96. The van der Waals surface area contributed by atoms with E-state index in [4.69, 9.17) is 4.74 Å². The number of unbranched alkanes of at least 4 members (excludes halogenated alkanes) is 6. The van der Waals surface area contributed by atoms with Crippen molar-refractivity contribution < 1.29 is 9.53 Å². The smallest absolute Gasteiger partial charge is 0.421 e. The van der Waals surface area contributed by atoms with Crippen LogP contribution in [0, 0.1) is 0 Å². The molecular formula is C13H28N2O2. The number of hydrogen-bond donors (Lipinski definition) is 2. The van der Waals surface area contributed by atoms with Crippen LogP contribution in [0.15, 0.2) is 0 Å². The lowest BCUT2D eigenvalue weighted by molar-refractivity contribution is 0.139. The number of nitrogens with one attached hydrogen (secondary N) is 2. The Morgan fingerprint density at radius 3 is 2.24 bits per heavy atom. The molecule has 0 rings (SSSR count). The van der Waals surface area contributed by atoms with Gasteiger partial charge in [0.05, 0.1) is 6.61 Å². The minimum absolute atomic E-state index is 0.364. The zero-order valence-electron chi connectivity index (χ0n) is 11.4. The van der Waals surface area contributed by atoms with Gasteiger partial charge >= 0.3 is 6.09 Å². The predicted molar refractivity (Wildman–Crippen MR) is 70.8 cm³/mol. The summed E-state index contributed by atoms with van der Waals surface area (Å²) in [6.45, 7) is 5.67. The van der Waals surface area contributed by atoms with Gasteiger partial charge in [0.25, 0.3) is 0 Å². The van der Waals surface area contributed by atoms with E-state index in [1.165, 1.54) is 32.1 Å². The van der Waals surface area contributed by atoms with E-state index in [0.29, 0.717) is 6.61 Å². The lowest BCUT2D eigenvalue weighted by atomic mass is 10.2. The highest BCUT2D eigenvalue weighted by Gasteiger charge is 1.99. The molecule has 0 saturated carbocycles. The number of carbonyl (C=O) groups excluding carboxylic acids is 1. The normalized spacial score (nSPS) is 10.2. The SMILES string of the molecule is CCCCCCNNC(=O)OCCCCCC. The van der Waals surface area contributed by atoms with Crippen LogP contribution in [0.3, 0.4) is 0 Å². The molecule has 0 atom stereocenters. The summed E-state index contributed by atoms with van der Waals surface area (Å²) in [5.74, 6) is 0. The van der Waals surface area contributed by atoms with E-state index in [2.05, 4.69) is 24.7 Å². The van der Waals surface area contributed by atoms with Gasteiger partial charge in [0.1, 0.15) is 0 Å². The number of rotatable bonds is 11. The minimum Gasteiger partial charge on any atom is -0.449 e. The minimum atomic E-state index is -0.364. The van der Waals surface area contributed by atoms with Crippen molar-refractivity contribution in [3.05, 3.63) is 0 Å². The molecule has 0 aromatic carbocycles. The summed E-state index contributed by atoms with van der Waals surface area (Å²) >= 11 is 0. The Labute approximate surface area is 105 Å². The predicted octanol–water partition coefficient (Wildman–Crippen LogP) is 3.38. The van der Waals surface area contributed by atoms with Crippen LogP contribution in [0.25, 0.3) is 0 Å². The zero-order valence-corrected chi connectivity index (χ0v) is 11.4. The average Bonchev–Trinajstić information content (AvgIpc) is 2.33. The van der Waals surface area contributed by atoms with Crippen molar-refractivity contribution in [2.45, 2.75) is 65.2 Å². The van der Waals surface area contributed by atoms with Crippen molar-refractivity contribution in [3.63, 3.8) is 0 Å². The molecule has 0 spiro atoms. The highest BCUT2D eigenvalue weighted by Crippen LogP contribution is 1.99. The summed E-state index contributed by atoms with van der Waals surface area (Å²) < 4.78 is 5.00. The number of ether oxygens (including phenoxy) is 1. The van der Waals surface area contributed by atoms with Gasteiger partial charge in [-0.05, 0) is 12.8 Å². The Morgan fingerprint density at radius 1 is 0.941 bits per heavy atom. The molecular weight excluding hydrogens is 216 g/mol. The first-order chi connectivity index (χ1) is 8.31. The van der Waals surface area contributed by atoms with Gasteiger partial charge in [-0.1, -0.05) is 52.4 Å². The molecule has 0 unspecified atom stereocenters. The Bertz CT molecular complexity index is 175. The van der Waals surface area contributed by atoms with Crippen LogP contribution in [0.1, 0.15) is 65.2 Å². The van der Waals surface area contributed by atoms with Gasteiger partial charge in [0, 0.05) is 6.54 Å². The van der Waals surface area contributed by atoms with Crippen molar-refractivity contribution in [3.8, 4) is 0 Å². The summed E-state index contributed by atoms with van der Waals surface area (Å²) in [7, 11) is 0. The summed E-state index contributed by atoms with van der Waals surface area (Å²) in [5.41, 5.74) is 5.41. The summed E-state index contributed by atoms with van der Waals surface area (Å²) in [4.78, 5) is 11.2. The third-order valence-electron chi connectivity index (χ3n) is 2.58. The Kier molecular flexibility index (Phi) is 12.7. The largest absolute Gasteiger partial charge is 0.449 e. The molecule has 17 heavy (non-hydrogen) atoms. The Hall–Kier alpha value is -0.770. The number of amides is 1. The summed E-state index contributed by atoms with van der Waals surface area (Å²) in [6, 6.07) is 0. The molecule has 0 aliphatic carbocycles. The fourth-order valence-corrected chi connectivity index (χ4v) is 1.50. The van der Waals surface area contributed by atoms with Gasteiger partial charge in [-0.3, -0.25) is 5.43 Å². The van der Waals surface area contributed by atoms with E-state index in [0.717, 1.165) is 25.8 Å². The number of hydrogen-bond acceptors (Lipinski definition) is 3. The lowest BCUT2D eigenvalue weighted by Gasteiger charge is -2.07. The van der Waals surface area contributed by atoms with Gasteiger partial charge in [-0.15, -0.1) is 0 Å². The molecule has 0 aromatic rings. The third kappa shape index (κ3) is 13.2. The van der Waals surface area contributed by atoms with Gasteiger partial charge in [0.15, 0.2) is 0 Å². The molecule has 0 aliphatic rings. The highest BCUT2D eigenvalue weighted by atomic mass is 16.6. The van der Waals surface area contributed by atoms with E-state index >= 15 is 0 Å². The van der Waals surface area contributed by atoms with Crippen LogP contribution in [-0.2, 0) is 4.74 Å². The second kappa shape index (κ2) is 13.3. The molecule has 0 heterocycles. The van der Waals surface area contributed by atoms with Gasteiger partial charge in [0.2, 0.25) is 0 Å². The van der Waals surface area contributed by atoms with E-state index in [9.17, 15) is 4.79 Å². The Morgan fingerprint density at radius 2 is 1.59 bits per heavy atom. The molecule has 0 radical (unpaired) electrons. The van der Waals surface area contributed by atoms with E-state index in [1.807, 2.05) is 0 Å². The molecule has 4 nitrogen and oxygen atoms in total. The topological polar surface area (TPSA) is 50.4 Å². The fourth-order valence-electron chi connectivity index (χ4n) is 1.50. The standard InChI is InChI=1S/C13H28N2O2/c1-3-5-7-9-11-14-15-13(16)17-12-10-8-6-4-2/h14H,3-12H2,1-2H3,(H,15,16). The van der Waals surface area contributed by atoms with Crippen LogP contribution in [0.2, 0.25) is 0 Å². The number of carbonyl (C=O) groups is 1. The molecule has 0 saturated heterocycles. The fraction of sp³-hybridized carbons (Fsp3) is 0.923. The van der Waals surface area contributed by atoms with Crippen molar-refractivity contribution in [1.29, 1.82) is 0 Å². The van der Waals surface area contributed by atoms with E-state index in [1.54, 1.807) is 0 Å². The van der Waals surface area contributed by atoms with Crippen molar-refractivity contribution in [2.24, 2.45) is 0 Å². The molecule has 2 N–H and O–H groups in total. The summed E-state index contributed by atoms with van der Waals surface area (Å²) in [5, 5.41) is 0. The quantitative estimate of drug-likeness (QED) is 0.433. The van der Waals surface area contributed by atoms with Gasteiger partial charge in [-0.2, -0.15) is 0 Å². The molecule has 0 aliphatic heterocycles. The second-order valence-electron chi connectivity index (χ2n) is 4.31. The average molecular weight is 244 g/mol. The first kappa shape index (κ1) is 16.2. The zero-order chi connectivity index (χ0) is 12.8. The molecule has 0 fully saturated rings. The molecule has 1 amide bonds. The lowest BCUT2D eigenvalue weighted by Crippen LogP contribution is -2.38. The maximum Gasteiger partial charge on any atom is 0.421 e. The van der Waals surface area contributed by atoms with Crippen molar-refractivity contribution >= 4 is 6.09 Å². The second-order valence-corrected chi connectivity index (χ2v) is 4.31. The van der Waals surface area contributed by atoms with Crippen LogP contribution in [-0.4, -0.2) is 19.2 Å².